The van der Waals surface area contributed by atoms with Crippen LogP contribution in [0.2, 0.25) is 0 Å². The summed E-state index contributed by atoms with van der Waals surface area (Å²) in [5.74, 6) is 0. The first-order valence-corrected chi connectivity index (χ1v) is 5.55. The third kappa shape index (κ3) is 3.38. The fraction of sp³-hybridized carbons (Fsp3) is 0.600. The molecule has 0 radical (unpaired) electrons. The van der Waals surface area contributed by atoms with Crippen LogP contribution >= 0.6 is 11.3 Å². The number of methoxy groups -OCH3 is 1. The molecule has 2 atom stereocenters. The van der Waals surface area contributed by atoms with Crippen molar-refractivity contribution in [3.8, 4) is 0 Å². The second kappa shape index (κ2) is 6.14. The van der Waals surface area contributed by atoms with E-state index in [2.05, 4.69) is 23.7 Å². The molecule has 14 heavy (non-hydrogen) atoms. The van der Waals surface area contributed by atoms with Crippen molar-refractivity contribution in [1.29, 1.82) is 0 Å². The summed E-state index contributed by atoms with van der Waals surface area (Å²) in [7, 11) is 1.64. The van der Waals surface area contributed by atoms with Gasteiger partial charge in [-0.2, -0.15) is 0 Å². The van der Waals surface area contributed by atoms with Crippen LogP contribution in [0.25, 0.3) is 0 Å². The van der Waals surface area contributed by atoms with Crippen molar-refractivity contribution in [1.82, 2.24) is 5.32 Å². The molecule has 1 rings (SSSR count). The summed E-state index contributed by atoms with van der Waals surface area (Å²) in [4.78, 5) is 1.28. The monoisotopic (exact) mass is 215 g/mol. The molecule has 0 aromatic carbocycles. The summed E-state index contributed by atoms with van der Waals surface area (Å²) in [5, 5.41) is 14.4. The van der Waals surface area contributed by atoms with Crippen LogP contribution < -0.4 is 5.32 Å². The van der Waals surface area contributed by atoms with Gasteiger partial charge in [0.2, 0.25) is 0 Å². The summed E-state index contributed by atoms with van der Waals surface area (Å²) in [6.07, 6.45) is 0. The Balaban J connectivity index is 2.42. The molecule has 4 heteroatoms. The fourth-order valence-electron chi connectivity index (χ4n) is 1.33. The van der Waals surface area contributed by atoms with Gasteiger partial charge >= 0.3 is 0 Å². The van der Waals surface area contributed by atoms with Crippen LogP contribution in [-0.4, -0.2) is 31.5 Å². The minimum Gasteiger partial charge on any atom is -0.395 e. The molecular weight excluding hydrogens is 198 g/mol. The van der Waals surface area contributed by atoms with Crippen molar-refractivity contribution in [2.75, 3.05) is 20.3 Å². The smallest absolute Gasteiger partial charge is 0.0638 e. The van der Waals surface area contributed by atoms with Gasteiger partial charge in [-0.15, -0.1) is 11.3 Å². The molecule has 0 aliphatic carbocycles. The van der Waals surface area contributed by atoms with Gasteiger partial charge in [0, 0.05) is 18.0 Å². The van der Waals surface area contributed by atoms with E-state index in [9.17, 15) is 0 Å². The molecular formula is C10H17NO2S. The highest BCUT2D eigenvalue weighted by Gasteiger charge is 2.12. The lowest BCUT2D eigenvalue weighted by Crippen LogP contribution is -2.37. The summed E-state index contributed by atoms with van der Waals surface area (Å²) in [6.45, 7) is 2.72. The average molecular weight is 215 g/mol. The molecule has 1 heterocycles. The van der Waals surface area contributed by atoms with Crippen LogP contribution in [0.3, 0.4) is 0 Å². The minimum absolute atomic E-state index is 0.0112. The topological polar surface area (TPSA) is 41.5 Å². The molecule has 2 N–H and O–H groups in total. The van der Waals surface area contributed by atoms with Crippen molar-refractivity contribution >= 4 is 11.3 Å². The Morgan fingerprint density at radius 2 is 2.43 bits per heavy atom. The zero-order chi connectivity index (χ0) is 10.4. The Kier molecular flexibility index (Phi) is 5.11. The van der Waals surface area contributed by atoms with Crippen LogP contribution in [0.5, 0.6) is 0 Å². The SMILES string of the molecule is COCC(CO)NC(C)c1cccs1. The lowest BCUT2D eigenvalue weighted by molar-refractivity contribution is 0.123. The highest BCUT2D eigenvalue weighted by molar-refractivity contribution is 7.10. The maximum atomic E-state index is 9.06. The zero-order valence-electron chi connectivity index (χ0n) is 8.56. The number of aliphatic hydroxyl groups excluding tert-OH is 1. The van der Waals surface area contributed by atoms with E-state index >= 15 is 0 Å². The Morgan fingerprint density at radius 1 is 1.64 bits per heavy atom. The molecule has 0 saturated heterocycles. The van der Waals surface area contributed by atoms with Crippen LogP contribution in [0, 0.1) is 0 Å². The first-order valence-electron chi connectivity index (χ1n) is 4.67. The Morgan fingerprint density at radius 3 is 2.93 bits per heavy atom. The standard InChI is InChI=1S/C10H17NO2S/c1-8(10-4-3-5-14-10)11-9(6-12)7-13-2/h3-5,8-9,11-12H,6-7H2,1-2H3. The predicted molar refractivity (Wildman–Crippen MR) is 58.6 cm³/mol. The van der Waals surface area contributed by atoms with E-state index < -0.39 is 0 Å². The molecule has 0 fully saturated rings. The summed E-state index contributed by atoms with van der Waals surface area (Å²) < 4.78 is 4.99. The molecule has 80 valence electrons. The van der Waals surface area contributed by atoms with Gasteiger partial charge in [0.15, 0.2) is 0 Å². The molecule has 3 nitrogen and oxygen atoms in total. The molecule has 1 aromatic heterocycles. The van der Waals surface area contributed by atoms with E-state index in [0.29, 0.717) is 6.61 Å². The largest absolute Gasteiger partial charge is 0.395 e. The number of ether oxygens (including phenoxy) is 1. The molecule has 0 saturated carbocycles. The molecule has 2 unspecified atom stereocenters. The van der Waals surface area contributed by atoms with Crippen molar-refractivity contribution in [2.24, 2.45) is 0 Å². The molecule has 0 amide bonds. The quantitative estimate of drug-likeness (QED) is 0.754. The van der Waals surface area contributed by atoms with Gasteiger partial charge in [-0.1, -0.05) is 6.07 Å². The van der Waals surface area contributed by atoms with Gasteiger partial charge in [0.25, 0.3) is 0 Å². The van der Waals surface area contributed by atoms with Gasteiger partial charge in [-0.25, -0.2) is 0 Å². The van der Waals surface area contributed by atoms with Crippen molar-refractivity contribution < 1.29 is 9.84 Å². The maximum Gasteiger partial charge on any atom is 0.0638 e. The van der Waals surface area contributed by atoms with Gasteiger partial charge in [-0.05, 0) is 18.4 Å². The average Bonchev–Trinajstić information content (AvgIpc) is 2.69. The van der Waals surface area contributed by atoms with Crippen molar-refractivity contribution in [2.45, 2.75) is 19.0 Å². The zero-order valence-corrected chi connectivity index (χ0v) is 9.38. The first-order chi connectivity index (χ1) is 6.77. The first kappa shape index (κ1) is 11.7. The molecule has 0 aliphatic heterocycles. The molecule has 0 bridgehead atoms. The van der Waals surface area contributed by atoms with Gasteiger partial charge in [-0.3, -0.25) is 0 Å². The lowest BCUT2D eigenvalue weighted by atomic mass is 10.2. The Bertz CT molecular complexity index is 238. The predicted octanol–water partition coefficient (Wildman–Crippen LogP) is 1.41. The van der Waals surface area contributed by atoms with Crippen LogP contribution in [0.1, 0.15) is 17.8 Å². The Labute approximate surface area is 88.7 Å². The number of rotatable bonds is 6. The van der Waals surface area contributed by atoms with Gasteiger partial charge in [0.1, 0.15) is 0 Å². The van der Waals surface area contributed by atoms with Crippen LogP contribution in [0.15, 0.2) is 17.5 Å². The van der Waals surface area contributed by atoms with Crippen LogP contribution in [-0.2, 0) is 4.74 Å². The van der Waals surface area contributed by atoms with E-state index in [1.165, 1.54) is 4.88 Å². The molecule has 0 spiro atoms. The lowest BCUT2D eigenvalue weighted by Gasteiger charge is -2.20. The van der Waals surface area contributed by atoms with Crippen LogP contribution in [0.4, 0.5) is 0 Å². The van der Waals surface area contributed by atoms with Gasteiger partial charge in [0.05, 0.1) is 19.3 Å². The van der Waals surface area contributed by atoms with E-state index in [1.807, 2.05) is 6.07 Å². The number of aliphatic hydroxyl groups is 1. The second-order valence-electron chi connectivity index (χ2n) is 3.24. The third-order valence-corrected chi connectivity index (χ3v) is 3.10. The maximum absolute atomic E-state index is 9.06. The summed E-state index contributed by atoms with van der Waals surface area (Å²) in [6, 6.07) is 4.39. The highest BCUT2D eigenvalue weighted by atomic mass is 32.1. The number of hydrogen-bond donors (Lipinski definition) is 2. The highest BCUT2D eigenvalue weighted by Crippen LogP contribution is 2.18. The van der Waals surface area contributed by atoms with E-state index in [4.69, 9.17) is 9.84 Å². The second-order valence-corrected chi connectivity index (χ2v) is 4.22. The number of nitrogens with one attached hydrogen (secondary N) is 1. The Hall–Kier alpha value is -0.420. The summed E-state index contributed by atoms with van der Waals surface area (Å²) >= 11 is 1.72. The molecule has 1 aromatic rings. The fourth-order valence-corrected chi connectivity index (χ4v) is 2.07. The van der Waals surface area contributed by atoms with Crippen molar-refractivity contribution in [3.05, 3.63) is 22.4 Å². The third-order valence-electron chi connectivity index (χ3n) is 2.04. The van der Waals surface area contributed by atoms with E-state index in [0.717, 1.165) is 0 Å². The summed E-state index contributed by atoms with van der Waals surface area (Å²) in [5.41, 5.74) is 0. The van der Waals surface area contributed by atoms with E-state index in [1.54, 1.807) is 18.4 Å². The minimum atomic E-state index is 0.0112. The van der Waals surface area contributed by atoms with Crippen molar-refractivity contribution in [3.63, 3.8) is 0 Å². The number of thiophene rings is 1. The number of hydrogen-bond acceptors (Lipinski definition) is 4. The van der Waals surface area contributed by atoms with Gasteiger partial charge < -0.3 is 15.2 Å². The molecule has 0 aliphatic rings. The normalized spacial score (nSPS) is 15.4. The van der Waals surface area contributed by atoms with E-state index in [-0.39, 0.29) is 18.7 Å².